The Hall–Kier alpha value is -1.81. The molecule has 0 bridgehead atoms. The van der Waals surface area contributed by atoms with Gasteiger partial charge in [0.1, 0.15) is 5.37 Å². The van der Waals surface area contributed by atoms with E-state index in [1.165, 1.54) is 37.7 Å². The number of carbonyl (C=O) groups excluding carboxylic acids is 1. The Morgan fingerprint density at radius 2 is 1.79 bits per heavy atom. The lowest BCUT2D eigenvalue weighted by Crippen LogP contribution is -2.27. The highest BCUT2D eigenvalue weighted by Crippen LogP contribution is 2.42. The zero-order chi connectivity index (χ0) is 16.4. The summed E-state index contributed by atoms with van der Waals surface area (Å²) in [6.07, 6.45) is 10.3. The number of hydrogen-bond acceptors (Lipinski definition) is 3. The molecule has 0 N–H and O–H groups in total. The lowest BCUT2D eigenvalue weighted by atomic mass is 9.84. The summed E-state index contributed by atoms with van der Waals surface area (Å²) in [5.41, 5.74) is 3.51. The molecule has 2 heterocycles. The molecule has 1 saturated heterocycles. The van der Waals surface area contributed by atoms with Gasteiger partial charge in [-0.25, -0.2) is 0 Å². The summed E-state index contributed by atoms with van der Waals surface area (Å²) in [5.74, 6) is 1.41. The zero-order valence-electron chi connectivity index (χ0n) is 13.7. The first kappa shape index (κ1) is 15.7. The molecule has 2 aromatic rings. The van der Waals surface area contributed by atoms with Crippen LogP contribution in [0.25, 0.3) is 0 Å². The van der Waals surface area contributed by atoms with Crippen molar-refractivity contribution in [3.05, 3.63) is 59.9 Å². The van der Waals surface area contributed by atoms with Gasteiger partial charge >= 0.3 is 0 Å². The highest BCUT2D eigenvalue weighted by molar-refractivity contribution is 8.00. The van der Waals surface area contributed by atoms with E-state index in [0.717, 1.165) is 11.3 Å². The van der Waals surface area contributed by atoms with Crippen LogP contribution in [0.1, 0.15) is 54.5 Å². The summed E-state index contributed by atoms with van der Waals surface area (Å²) in [5, 5.41) is 0.0340. The fourth-order valence-corrected chi connectivity index (χ4v) is 4.97. The molecule has 0 radical (unpaired) electrons. The SMILES string of the molecule is O=C1CS[C@@H](c2cccnc2)N1c1ccc(C2CCCCC2)cc1. The van der Waals surface area contributed by atoms with Gasteiger partial charge in [0.15, 0.2) is 0 Å². The van der Waals surface area contributed by atoms with Crippen LogP contribution in [0.4, 0.5) is 5.69 Å². The van der Waals surface area contributed by atoms with Crippen LogP contribution in [-0.4, -0.2) is 16.6 Å². The molecule has 3 nitrogen and oxygen atoms in total. The molecule has 1 atom stereocenters. The van der Waals surface area contributed by atoms with E-state index in [1.807, 2.05) is 23.2 Å². The van der Waals surface area contributed by atoms with Crippen LogP contribution in [0, 0.1) is 0 Å². The van der Waals surface area contributed by atoms with Crippen molar-refractivity contribution in [1.29, 1.82) is 0 Å². The van der Waals surface area contributed by atoms with Crippen molar-refractivity contribution in [2.24, 2.45) is 0 Å². The third-order valence-electron chi connectivity index (χ3n) is 5.09. The van der Waals surface area contributed by atoms with Crippen LogP contribution in [0.5, 0.6) is 0 Å². The number of amides is 1. The fraction of sp³-hybridized carbons (Fsp3) is 0.400. The van der Waals surface area contributed by atoms with Gasteiger partial charge in [0.05, 0.1) is 5.75 Å². The van der Waals surface area contributed by atoms with E-state index in [4.69, 9.17) is 0 Å². The maximum absolute atomic E-state index is 12.4. The normalized spacial score (nSPS) is 22.1. The predicted molar refractivity (Wildman–Crippen MR) is 99.2 cm³/mol. The fourth-order valence-electron chi connectivity index (χ4n) is 3.81. The molecule has 2 aliphatic rings. The second-order valence-corrected chi connectivity index (χ2v) is 7.71. The summed E-state index contributed by atoms with van der Waals surface area (Å²) >= 11 is 1.68. The van der Waals surface area contributed by atoms with Crippen LogP contribution in [0.3, 0.4) is 0 Å². The van der Waals surface area contributed by atoms with Gasteiger partial charge in [-0.2, -0.15) is 0 Å². The summed E-state index contributed by atoms with van der Waals surface area (Å²) in [4.78, 5) is 18.6. The van der Waals surface area contributed by atoms with Gasteiger partial charge < -0.3 is 0 Å². The Bertz CT molecular complexity index is 695. The summed E-state index contributed by atoms with van der Waals surface area (Å²) in [6.45, 7) is 0. The van der Waals surface area contributed by atoms with Gasteiger partial charge in [-0.3, -0.25) is 14.7 Å². The minimum Gasteiger partial charge on any atom is -0.295 e. The third kappa shape index (κ3) is 3.07. The maximum Gasteiger partial charge on any atom is 0.238 e. The van der Waals surface area contributed by atoms with Gasteiger partial charge in [-0.05, 0) is 42.5 Å². The standard InChI is InChI=1S/C20H22N2OS/c23-19-14-24-20(17-7-4-12-21-13-17)22(19)18-10-8-16(9-11-18)15-5-2-1-3-6-15/h4,7-13,15,20H,1-3,5-6,14H2/t20-/m0/s1. The Balaban J connectivity index is 1.58. The lowest BCUT2D eigenvalue weighted by molar-refractivity contribution is -0.115. The average Bonchev–Trinajstić information content (AvgIpc) is 3.05. The number of hydrogen-bond donors (Lipinski definition) is 0. The van der Waals surface area contributed by atoms with Crippen LogP contribution < -0.4 is 4.90 Å². The number of pyridine rings is 1. The van der Waals surface area contributed by atoms with Crippen molar-refractivity contribution >= 4 is 23.4 Å². The highest BCUT2D eigenvalue weighted by Gasteiger charge is 2.34. The van der Waals surface area contributed by atoms with Gasteiger partial charge in [0, 0.05) is 23.6 Å². The van der Waals surface area contributed by atoms with Gasteiger partial charge in [0.2, 0.25) is 5.91 Å². The summed E-state index contributed by atoms with van der Waals surface area (Å²) in [7, 11) is 0. The number of aromatic nitrogens is 1. The van der Waals surface area contributed by atoms with Crippen molar-refractivity contribution in [1.82, 2.24) is 4.98 Å². The van der Waals surface area contributed by atoms with E-state index in [-0.39, 0.29) is 11.3 Å². The largest absolute Gasteiger partial charge is 0.295 e. The third-order valence-corrected chi connectivity index (χ3v) is 6.30. The van der Waals surface area contributed by atoms with E-state index in [1.54, 1.807) is 18.0 Å². The first-order valence-electron chi connectivity index (χ1n) is 8.76. The molecule has 1 aromatic heterocycles. The molecule has 4 rings (SSSR count). The molecule has 1 aliphatic heterocycles. The van der Waals surface area contributed by atoms with Crippen LogP contribution in [0.2, 0.25) is 0 Å². The van der Waals surface area contributed by atoms with Crippen molar-refractivity contribution in [3.8, 4) is 0 Å². The molecule has 0 unspecified atom stereocenters. The van der Waals surface area contributed by atoms with E-state index in [9.17, 15) is 4.79 Å². The molecule has 1 aliphatic carbocycles. The molecule has 2 fully saturated rings. The van der Waals surface area contributed by atoms with E-state index in [2.05, 4.69) is 29.2 Å². The molecule has 124 valence electrons. The highest BCUT2D eigenvalue weighted by atomic mass is 32.2. The number of anilines is 1. The van der Waals surface area contributed by atoms with Crippen LogP contribution >= 0.6 is 11.8 Å². The monoisotopic (exact) mass is 338 g/mol. The zero-order valence-corrected chi connectivity index (χ0v) is 14.5. The first-order chi connectivity index (χ1) is 11.8. The Morgan fingerprint density at radius 3 is 2.50 bits per heavy atom. The first-order valence-corrected chi connectivity index (χ1v) is 9.81. The number of rotatable bonds is 3. The van der Waals surface area contributed by atoms with Gasteiger partial charge in [0.25, 0.3) is 0 Å². The molecule has 1 amide bonds. The molecule has 1 aromatic carbocycles. The molecule has 4 heteroatoms. The molecule has 1 saturated carbocycles. The van der Waals surface area contributed by atoms with Crippen molar-refractivity contribution in [3.63, 3.8) is 0 Å². The van der Waals surface area contributed by atoms with Crippen molar-refractivity contribution < 1.29 is 4.79 Å². The summed E-state index contributed by atoms with van der Waals surface area (Å²) in [6, 6.07) is 12.7. The van der Waals surface area contributed by atoms with Gasteiger partial charge in [-0.15, -0.1) is 11.8 Å². The average molecular weight is 338 g/mol. The molecule has 0 spiro atoms. The second-order valence-electron chi connectivity index (χ2n) is 6.64. The number of carbonyl (C=O) groups is 1. The van der Waals surface area contributed by atoms with E-state index >= 15 is 0 Å². The topological polar surface area (TPSA) is 33.2 Å². The maximum atomic E-state index is 12.4. The van der Waals surface area contributed by atoms with Gasteiger partial charge in [-0.1, -0.05) is 37.5 Å². The van der Waals surface area contributed by atoms with Crippen molar-refractivity contribution in [2.75, 3.05) is 10.7 Å². The number of nitrogens with zero attached hydrogens (tertiary/aromatic N) is 2. The van der Waals surface area contributed by atoms with Crippen LogP contribution in [-0.2, 0) is 4.79 Å². The minimum absolute atomic E-state index is 0.0340. The smallest absolute Gasteiger partial charge is 0.238 e. The van der Waals surface area contributed by atoms with E-state index in [0.29, 0.717) is 11.7 Å². The Morgan fingerprint density at radius 1 is 1.00 bits per heavy atom. The van der Waals surface area contributed by atoms with Crippen LogP contribution in [0.15, 0.2) is 48.8 Å². The second kappa shape index (κ2) is 6.98. The Labute approximate surface area is 147 Å². The number of thioether (sulfide) groups is 1. The Kier molecular flexibility index (Phi) is 4.56. The number of benzene rings is 1. The summed E-state index contributed by atoms with van der Waals surface area (Å²) < 4.78 is 0. The van der Waals surface area contributed by atoms with Crippen molar-refractivity contribution in [2.45, 2.75) is 43.4 Å². The molecule has 24 heavy (non-hydrogen) atoms. The minimum atomic E-state index is 0.0340. The quantitative estimate of drug-likeness (QED) is 0.797. The molecular weight excluding hydrogens is 316 g/mol. The predicted octanol–water partition coefficient (Wildman–Crippen LogP) is 4.91. The van der Waals surface area contributed by atoms with E-state index < -0.39 is 0 Å². The lowest BCUT2D eigenvalue weighted by Gasteiger charge is -2.26. The molecular formula is C20H22N2OS.